The Kier molecular flexibility index (Phi) is 5.01. The van der Waals surface area contributed by atoms with Gasteiger partial charge >= 0.3 is 0 Å². The maximum absolute atomic E-state index is 12.5. The Morgan fingerprint density at radius 2 is 1.65 bits per heavy atom. The number of hydrogen-bond acceptors (Lipinski definition) is 4. The van der Waals surface area contributed by atoms with Crippen molar-refractivity contribution >= 4 is 23.2 Å². The molecule has 23 heavy (non-hydrogen) atoms. The van der Waals surface area contributed by atoms with Gasteiger partial charge in [-0.3, -0.25) is 4.79 Å². The Morgan fingerprint density at radius 3 is 2.17 bits per heavy atom. The predicted molar refractivity (Wildman–Crippen MR) is 90.1 cm³/mol. The number of amides is 1. The van der Waals surface area contributed by atoms with Crippen LogP contribution in [0.15, 0.2) is 24.3 Å². The normalized spacial score (nSPS) is 10.3. The zero-order chi connectivity index (χ0) is 17.1. The number of carbonyl (C=O) groups is 1. The number of aromatic hydroxyl groups is 1. The highest BCUT2D eigenvalue weighted by atomic mass is 35.5. The van der Waals surface area contributed by atoms with Gasteiger partial charge in [0.1, 0.15) is 17.2 Å². The van der Waals surface area contributed by atoms with Crippen LogP contribution >= 0.6 is 11.6 Å². The fourth-order valence-corrected chi connectivity index (χ4v) is 2.52. The molecule has 0 unspecified atom stereocenters. The summed E-state index contributed by atoms with van der Waals surface area (Å²) in [7, 11) is 3.05. The van der Waals surface area contributed by atoms with Gasteiger partial charge in [0.25, 0.3) is 5.91 Å². The lowest BCUT2D eigenvalue weighted by molar-refractivity contribution is 0.102. The second-order valence-corrected chi connectivity index (χ2v) is 5.52. The summed E-state index contributed by atoms with van der Waals surface area (Å²) in [6, 6.07) is 6.33. The Hall–Kier alpha value is -2.40. The maximum atomic E-state index is 12.5. The number of phenols is 1. The van der Waals surface area contributed by atoms with Crippen LogP contribution in [0.1, 0.15) is 21.5 Å². The van der Waals surface area contributed by atoms with Crippen LogP contribution in [0.2, 0.25) is 5.02 Å². The highest BCUT2D eigenvalue weighted by Gasteiger charge is 2.16. The first kappa shape index (κ1) is 17.0. The van der Waals surface area contributed by atoms with Crippen LogP contribution in [-0.2, 0) is 0 Å². The van der Waals surface area contributed by atoms with E-state index >= 15 is 0 Å². The summed E-state index contributed by atoms with van der Waals surface area (Å²) in [5, 5.41) is 13.1. The van der Waals surface area contributed by atoms with Gasteiger partial charge in [0.15, 0.2) is 0 Å². The monoisotopic (exact) mass is 335 g/mol. The summed E-state index contributed by atoms with van der Waals surface area (Å²) in [5.41, 5.74) is 1.97. The SMILES string of the molecule is COc1cc(C(=O)Nc2cc(Cl)cc(C)c2O)cc(OC)c1C. The molecule has 2 rings (SSSR count). The smallest absolute Gasteiger partial charge is 0.256 e. The molecular weight excluding hydrogens is 318 g/mol. The first-order valence-corrected chi connectivity index (χ1v) is 7.28. The number of carbonyl (C=O) groups excluding carboxylic acids is 1. The summed E-state index contributed by atoms with van der Waals surface area (Å²) in [4.78, 5) is 12.5. The van der Waals surface area contributed by atoms with Crippen molar-refractivity contribution in [2.24, 2.45) is 0 Å². The molecule has 0 radical (unpaired) electrons. The molecule has 2 aromatic rings. The lowest BCUT2D eigenvalue weighted by Crippen LogP contribution is -2.13. The Morgan fingerprint density at radius 1 is 1.09 bits per heavy atom. The molecule has 0 aliphatic carbocycles. The van der Waals surface area contributed by atoms with E-state index in [1.54, 1.807) is 25.1 Å². The van der Waals surface area contributed by atoms with Crippen molar-refractivity contribution in [2.45, 2.75) is 13.8 Å². The molecule has 6 heteroatoms. The standard InChI is InChI=1S/C17H18ClNO4/c1-9-5-12(18)8-13(16(9)20)19-17(21)11-6-14(22-3)10(2)15(7-11)23-4/h5-8,20H,1-4H3,(H,19,21). The zero-order valence-corrected chi connectivity index (χ0v) is 14.1. The third kappa shape index (κ3) is 3.51. The van der Waals surface area contributed by atoms with Gasteiger partial charge in [0.05, 0.1) is 19.9 Å². The van der Waals surface area contributed by atoms with Crippen LogP contribution in [0.4, 0.5) is 5.69 Å². The molecule has 0 bridgehead atoms. The molecule has 0 spiro atoms. The Labute approximate surface area is 139 Å². The van der Waals surface area contributed by atoms with Gasteiger partial charge in [-0.1, -0.05) is 11.6 Å². The van der Waals surface area contributed by atoms with E-state index in [1.165, 1.54) is 20.3 Å². The molecule has 0 heterocycles. The molecule has 0 atom stereocenters. The van der Waals surface area contributed by atoms with E-state index in [0.29, 0.717) is 27.6 Å². The minimum atomic E-state index is -0.404. The van der Waals surface area contributed by atoms with Crippen molar-refractivity contribution in [2.75, 3.05) is 19.5 Å². The minimum Gasteiger partial charge on any atom is -0.505 e. The predicted octanol–water partition coefficient (Wildman–Crippen LogP) is 3.93. The molecule has 2 N–H and O–H groups in total. The topological polar surface area (TPSA) is 67.8 Å². The number of ether oxygens (including phenoxy) is 2. The molecule has 0 aromatic heterocycles. The molecule has 122 valence electrons. The zero-order valence-electron chi connectivity index (χ0n) is 13.4. The van der Waals surface area contributed by atoms with E-state index in [2.05, 4.69) is 5.32 Å². The van der Waals surface area contributed by atoms with Gasteiger partial charge < -0.3 is 19.9 Å². The number of phenolic OH excluding ortho intramolecular Hbond substituents is 1. The Balaban J connectivity index is 2.38. The van der Waals surface area contributed by atoms with E-state index in [4.69, 9.17) is 21.1 Å². The fourth-order valence-electron chi connectivity index (χ4n) is 2.24. The summed E-state index contributed by atoms with van der Waals surface area (Å²) in [6.45, 7) is 3.54. The van der Waals surface area contributed by atoms with Gasteiger partial charge in [-0.2, -0.15) is 0 Å². The molecular formula is C17H18ClNO4. The highest BCUT2D eigenvalue weighted by molar-refractivity contribution is 6.31. The second-order valence-electron chi connectivity index (χ2n) is 5.08. The maximum Gasteiger partial charge on any atom is 0.256 e. The lowest BCUT2D eigenvalue weighted by atomic mass is 10.1. The fraction of sp³-hybridized carbons (Fsp3) is 0.235. The number of halogens is 1. The third-order valence-electron chi connectivity index (χ3n) is 3.53. The van der Waals surface area contributed by atoms with Crippen molar-refractivity contribution in [1.29, 1.82) is 0 Å². The van der Waals surface area contributed by atoms with Gasteiger partial charge in [0, 0.05) is 16.1 Å². The third-order valence-corrected chi connectivity index (χ3v) is 3.75. The van der Waals surface area contributed by atoms with E-state index in [0.717, 1.165) is 5.56 Å². The van der Waals surface area contributed by atoms with Gasteiger partial charge in [-0.15, -0.1) is 0 Å². The number of hydrogen-bond donors (Lipinski definition) is 2. The van der Waals surface area contributed by atoms with E-state index in [9.17, 15) is 9.90 Å². The number of methoxy groups -OCH3 is 2. The molecule has 1 amide bonds. The minimum absolute atomic E-state index is 0.0196. The van der Waals surface area contributed by atoms with Crippen LogP contribution in [0, 0.1) is 13.8 Å². The van der Waals surface area contributed by atoms with Crippen LogP contribution < -0.4 is 14.8 Å². The first-order valence-electron chi connectivity index (χ1n) is 6.90. The molecule has 0 aliphatic rings. The summed E-state index contributed by atoms with van der Waals surface area (Å²) >= 11 is 5.97. The summed E-state index contributed by atoms with van der Waals surface area (Å²) < 4.78 is 10.5. The number of nitrogens with one attached hydrogen (secondary N) is 1. The quantitative estimate of drug-likeness (QED) is 0.831. The lowest BCUT2D eigenvalue weighted by Gasteiger charge is -2.14. The molecule has 2 aromatic carbocycles. The van der Waals surface area contributed by atoms with Gasteiger partial charge in [-0.05, 0) is 43.7 Å². The summed E-state index contributed by atoms with van der Waals surface area (Å²) in [5.74, 6) is 0.661. The largest absolute Gasteiger partial charge is 0.505 e. The highest BCUT2D eigenvalue weighted by Crippen LogP contribution is 2.33. The molecule has 0 fully saturated rings. The van der Waals surface area contributed by atoms with Crippen molar-refractivity contribution < 1.29 is 19.4 Å². The average Bonchev–Trinajstić information content (AvgIpc) is 2.52. The van der Waals surface area contributed by atoms with Crippen molar-refractivity contribution in [3.63, 3.8) is 0 Å². The number of benzene rings is 2. The molecule has 5 nitrogen and oxygen atoms in total. The second kappa shape index (κ2) is 6.79. The van der Waals surface area contributed by atoms with Crippen LogP contribution in [-0.4, -0.2) is 25.2 Å². The van der Waals surface area contributed by atoms with Crippen molar-refractivity contribution in [3.8, 4) is 17.2 Å². The Bertz CT molecular complexity index is 733. The van der Waals surface area contributed by atoms with Crippen LogP contribution in [0.25, 0.3) is 0 Å². The van der Waals surface area contributed by atoms with Crippen molar-refractivity contribution in [1.82, 2.24) is 0 Å². The van der Waals surface area contributed by atoms with Crippen LogP contribution in [0.3, 0.4) is 0 Å². The van der Waals surface area contributed by atoms with E-state index in [1.807, 2.05) is 6.92 Å². The van der Waals surface area contributed by atoms with Crippen molar-refractivity contribution in [3.05, 3.63) is 46.0 Å². The molecule has 0 saturated carbocycles. The first-order chi connectivity index (χ1) is 10.9. The number of anilines is 1. The van der Waals surface area contributed by atoms with Gasteiger partial charge in [-0.25, -0.2) is 0 Å². The van der Waals surface area contributed by atoms with Gasteiger partial charge in [0.2, 0.25) is 0 Å². The van der Waals surface area contributed by atoms with E-state index < -0.39 is 5.91 Å². The van der Waals surface area contributed by atoms with E-state index in [-0.39, 0.29) is 11.4 Å². The average molecular weight is 336 g/mol. The summed E-state index contributed by atoms with van der Waals surface area (Å²) in [6.07, 6.45) is 0. The number of rotatable bonds is 4. The molecule has 0 aliphatic heterocycles. The van der Waals surface area contributed by atoms with Crippen LogP contribution in [0.5, 0.6) is 17.2 Å². The number of aryl methyl sites for hydroxylation is 1. The molecule has 0 saturated heterocycles.